The van der Waals surface area contributed by atoms with Gasteiger partial charge in [0.05, 0.1) is 0 Å². The summed E-state index contributed by atoms with van der Waals surface area (Å²) in [7, 11) is -8.60. The van der Waals surface area contributed by atoms with Gasteiger partial charge in [-0.3, -0.25) is 0 Å². The monoisotopic (exact) mass is 324 g/mol. The first-order valence-electron chi connectivity index (χ1n) is 5.29. The minimum absolute atomic E-state index is 0.376. The van der Waals surface area contributed by atoms with Crippen LogP contribution in [0.2, 0.25) is 0 Å². The summed E-state index contributed by atoms with van der Waals surface area (Å²) in [5, 5.41) is 0. The van der Waals surface area contributed by atoms with Gasteiger partial charge < -0.3 is 23.0 Å². The molecule has 0 fully saturated rings. The SMILES string of the molecule is O=P(O)(O)O.O=S(=O)(OC1=CC=CC1)OC1=CC=CC1. The lowest BCUT2D eigenvalue weighted by atomic mass is 10.4. The van der Waals surface area contributed by atoms with E-state index in [9.17, 15) is 8.42 Å². The second kappa shape index (κ2) is 6.87. The van der Waals surface area contributed by atoms with Crippen LogP contribution in [0.15, 0.2) is 48.0 Å². The number of rotatable bonds is 4. The lowest BCUT2D eigenvalue weighted by Crippen LogP contribution is -2.08. The van der Waals surface area contributed by atoms with Gasteiger partial charge in [0, 0.05) is 12.8 Å². The Labute approximate surface area is 115 Å². The fourth-order valence-corrected chi connectivity index (χ4v) is 2.06. The predicted molar refractivity (Wildman–Crippen MR) is 69.0 cm³/mol. The highest BCUT2D eigenvalue weighted by atomic mass is 32.3. The van der Waals surface area contributed by atoms with Crippen molar-refractivity contribution in [2.45, 2.75) is 12.8 Å². The van der Waals surface area contributed by atoms with E-state index < -0.39 is 18.2 Å². The maximum absolute atomic E-state index is 11.4. The summed E-state index contributed by atoms with van der Waals surface area (Å²) in [4.78, 5) is 21.6. The minimum Gasteiger partial charge on any atom is -0.357 e. The topological polar surface area (TPSA) is 130 Å². The summed E-state index contributed by atoms with van der Waals surface area (Å²) in [6.07, 6.45) is 11.3. The molecule has 0 aliphatic heterocycles. The molecular weight excluding hydrogens is 311 g/mol. The molecule has 2 aliphatic carbocycles. The molecule has 0 radical (unpaired) electrons. The maximum Gasteiger partial charge on any atom is 0.500 e. The van der Waals surface area contributed by atoms with Crippen LogP contribution in [0.5, 0.6) is 0 Å². The van der Waals surface area contributed by atoms with Gasteiger partial charge in [0.15, 0.2) is 0 Å². The van der Waals surface area contributed by atoms with E-state index in [0.717, 1.165) is 0 Å². The average Bonchev–Trinajstić information content (AvgIpc) is 2.86. The third kappa shape index (κ3) is 7.93. The van der Waals surface area contributed by atoms with Gasteiger partial charge in [-0.25, -0.2) is 4.57 Å². The van der Waals surface area contributed by atoms with E-state index in [4.69, 9.17) is 27.6 Å². The first-order chi connectivity index (χ1) is 9.16. The normalized spacial score (nSPS) is 17.1. The molecule has 8 nitrogen and oxygen atoms in total. The van der Waals surface area contributed by atoms with Gasteiger partial charge in [-0.05, 0) is 12.2 Å². The molecule has 0 heterocycles. The summed E-state index contributed by atoms with van der Waals surface area (Å²) in [5.74, 6) is 0.753. The molecule has 0 unspecified atom stereocenters. The Morgan fingerprint density at radius 3 is 1.55 bits per heavy atom. The second-order valence-corrected chi connectivity index (χ2v) is 5.80. The van der Waals surface area contributed by atoms with Crippen LogP contribution in [0.1, 0.15) is 12.8 Å². The van der Waals surface area contributed by atoms with E-state index in [0.29, 0.717) is 24.4 Å². The van der Waals surface area contributed by atoms with Gasteiger partial charge in [-0.15, -0.1) is 8.42 Å². The quantitative estimate of drug-likeness (QED) is 0.653. The Hall–Kier alpha value is -1.38. The molecule has 0 bridgehead atoms. The zero-order valence-electron chi connectivity index (χ0n) is 10.1. The first-order valence-corrected chi connectivity index (χ1v) is 8.19. The van der Waals surface area contributed by atoms with Crippen LogP contribution < -0.4 is 0 Å². The van der Waals surface area contributed by atoms with Gasteiger partial charge in [-0.2, -0.15) is 0 Å². The highest BCUT2D eigenvalue weighted by molar-refractivity contribution is 7.82. The highest BCUT2D eigenvalue weighted by Gasteiger charge is 2.19. The summed E-state index contributed by atoms with van der Waals surface area (Å²) >= 11 is 0. The van der Waals surface area contributed by atoms with Crippen LogP contribution >= 0.6 is 7.82 Å². The molecule has 0 atom stereocenters. The summed E-state index contributed by atoms with van der Waals surface area (Å²) in [5.41, 5.74) is 0. The Balaban J connectivity index is 0.000000347. The zero-order valence-corrected chi connectivity index (χ0v) is 11.8. The number of hydrogen-bond donors (Lipinski definition) is 3. The second-order valence-electron chi connectivity index (χ2n) is 3.62. The van der Waals surface area contributed by atoms with Crippen molar-refractivity contribution in [2.24, 2.45) is 0 Å². The Kier molecular flexibility index (Phi) is 5.73. The van der Waals surface area contributed by atoms with Crippen LogP contribution in [0.3, 0.4) is 0 Å². The molecule has 2 rings (SSSR count). The van der Waals surface area contributed by atoms with E-state index in [1.54, 1.807) is 36.5 Å². The standard InChI is InChI=1S/C10H10O4S.H3O4P/c11-15(12,13-9-5-1-2-6-9)14-10-7-3-4-8-10;1-5(2,3)4/h1-5,7H,6,8H2;(H3,1,2,3,4). The van der Waals surface area contributed by atoms with Gasteiger partial charge in [-0.1, -0.05) is 24.3 Å². The first kappa shape index (κ1) is 16.7. The van der Waals surface area contributed by atoms with Crippen molar-refractivity contribution in [2.75, 3.05) is 0 Å². The molecule has 20 heavy (non-hydrogen) atoms. The van der Waals surface area contributed by atoms with Crippen molar-refractivity contribution in [1.82, 2.24) is 0 Å². The van der Waals surface area contributed by atoms with Crippen LogP contribution in [-0.2, 0) is 23.3 Å². The molecule has 3 N–H and O–H groups in total. The van der Waals surface area contributed by atoms with E-state index in [1.807, 2.05) is 0 Å². The van der Waals surface area contributed by atoms with Crippen molar-refractivity contribution in [3.8, 4) is 0 Å². The minimum atomic E-state index is -4.64. The predicted octanol–water partition coefficient (Wildman–Crippen LogP) is 1.02. The van der Waals surface area contributed by atoms with Crippen molar-refractivity contribution < 1.29 is 36.0 Å². The highest BCUT2D eigenvalue weighted by Crippen LogP contribution is 2.25. The van der Waals surface area contributed by atoms with Crippen LogP contribution in [0.25, 0.3) is 0 Å². The molecule has 0 saturated heterocycles. The summed E-state index contributed by atoms with van der Waals surface area (Å²) in [6, 6.07) is 0. The molecule has 0 spiro atoms. The van der Waals surface area contributed by atoms with E-state index in [2.05, 4.69) is 0 Å². The fraction of sp³-hybridized carbons (Fsp3) is 0.200. The molecule has 0 aromatic heterocycles. The molecule has 2 aliphatic rings. The molecule has 0 aromatic rings. The van der Waals surface area contributed by atoms with Crippen molar-refractivity contribution in [3.05, 3.63) is 48.0 Å². The Morgan fingerprint density at radius 2 is 1.30 bits per heavy atom. The van der Waals surface area contributed by atoms with Gasteiger partial charge in [0.1, 0.15) is 11.5 Å². The van der Waals surface area contributed by atoms with Crippen molar-refractivity contribution in [3.63, 3.8) is 0 Å². The number of hydrogen-bond acceptors (Lipinski definition) is 5. The van der Waals surface area contributed by atoms with Crippen LogP contribution in [0, 0.1) is 0 Å². The van der Waals surface area contributed by atoms with E-state index in [1.165, 1.54) is 0 Å². The Morgan fingerprint density at radius 1 is 0.950 bits per heavy atom. The molecule has 10 heteroatoms. The maximum atomic E-state index is 11.4. The molecule has 112 valence electrons. The largest absolute Gasteiger partial charge is 0.500 e. The third-order valence-corrected chi connectivity index (χ3v) is 2.73. The van der Waals surface area contributed by atoms with E-state index >= 15 is 0 Å². The average molecular weight is 324 g/mol. The summed E-state index contributed by atoms with van der Waals surface area (Å²) < 4.78 is 41.1. The fourth-order valence-electron chi connectivity index (χ4n) is 1.26. The van der Waals surface area contributed by atoms with Crippen LogP contribution in [-0.4, -0.2) is 23.1 Å². The van der Waals surface area contributed by atoms with Crippen LogP contribution in [0.4, 0.5) is 0 Å². The van der Waals surface area contributed by atoms with Gasteiger partial charge in [0.2, 0.25) is 0 Å². The Bertz CT molecular complexity index is 561. The van der Waals surface area contributed by atoms with Crippen molar-refractivity contribution in [1.29, 1.82) is 0 Å². The lowest BCUT2D eigenvalue weighted by molar-refractivity contribution is 0.275. The number of allylic oxidation sites excluding steroid dienone is 6. The lowest BCUT2D eigenvalue weighted by Gasteiger charge is -2.08. The molecule has 0 aromatic carbocycles. The van der Waals surface area contributed by atoms with Gasteiger partial charge >= 0.3 is 18.2 Å². The third-order valence-electron chi connectivity index (χ3n) is 1.89. The summed E-state index contributed by atoms with van der Waals surface area (Å²) in [6.45, 7) is 0. The van der Waals surface area contributed by atoms with Crippen molar-refractivity contribution >= 4 is 18.2 Å². The molecule has 0 amide bonds. The number of phosphoric acid groups is 1. The molecule has 0 saturated carbocycles. The zero-order chi connectivity index (χ0) is 15.2. The van der Waals surface area contributed by atoms with E-state index in [-0.39, 0.29) is 0 Å². The smallest absolute Gasteiger partial charge is 0.357 e. The van der Waals surface area contributed by atoms with Gasteiger partial charge in [0.25, 0.3) is 0 Å². The molecular formula is C10H13O8PS.